The van der Waals surface area contributed by atoms with Gasteiger partial charge >= 0.3 is 21.1 Å². The molecule has 50 heavy (non-hydrogen) atoms. The van der Waals surface area contributed by atoms with E-state index in [-0.39, 0.29) is 31.9 Å². The number of rotatable bonds is 7. The number of pyridine rings is 1. The molecule has 0 aliphatic carbocycles. The van der Waals surface area contributed by atoms with Crippen LogP contribution in [-0.4, -0.2) is 19.3 Å². The molecule has 0 saturated heterocycles. The van der Waals surface area contributed by atoms with E-state index in [2.05, 4.69) is 144 Å². The number of nitrogens with zero attached hydrogens (tertiary/aromatic N) is 4. The van der Waals surface area contributed by atoms with Crippen molar-refractivity contribution in [1.82, 2.24) is 19.3 Å². The zero-order valence-corrected chi connectivity index (χ0v) is 32.4. The normalized spacial score (nSPS) is 12.0. The van der Waals surface area contributed by atoms with Crippen LogP contribution in [0.4, 0.5) is 0 Å². The molecule has 6 heteroatoms. The van der Waals surface area contributed by atoms with E-state index in [9.17, 15) is 0 Å². The summed E-state index contributed by atoms with van der Waals surface area (Å²) in [6.45, 7) is 17.9. The molecule has 0 N–H and O–H groups in total. The average Bonchev–Trinajstić information content (AvgIpc) is 3.61. The summed E-state index contributed by atoms with van der Waals surface area (Å²) in [5.41, 5.74) is 9.86. The van der Waals surface area contributed by atoms with Crippen LogP contribution >= 0.6 is 0 Å². The Hall–Kier alpha value is -4.47. The standard InChI is InChI=1S/C44H44N4O.Pt/c1-9-14-37-41(30-15-12-16-31(26-30)43(3,4)5)42(44(6,7)8)48(46-37)32-17-13-18-33(27-32)49-34-21-22-36-35-19-10-11-20-38(35)47(39(36)28-34)40-25-29(2)23-24-45-40;/h10-13,15-26H,9,14H2,1-8H3;/q-2;+2. The van der Waals surface area contributed by atoms with Gasteiger partial charge in [0.15, 0.2) is 0 Å². The molecule has 256 valence electrons. The third-order valence-corrected chi connectivity index (χ3v) is 9.06. The maximum Gasteiger partial charge on any atom is 2.00 e. The van der Waals surface area contributed by atoms with Crippen LogP contribution in [0.5, 0.6) is 11.5 Å². The average molecular weight is 840 g/mol. The quantitative estimate of drug-likeness (QED) is 0.150. The molecule has 0 aliphatic heterocycles. The Morgan fingerprint density at radius 3 is 2.26 bits per heavy atom. The number of ether oxygens (including phenoxy) is 1. The molecular formula is C44H44N4OPt. The summed E-state index contributed by atoms with van der Waals surface area (Å²) in [4.78, 5) is 4.72. The third kappa shape index (κ3) is 6.68. The van der Waals surface area contributed by atoms with E-state index < -0.39 is 0 Å². The topological polar surface area (TPSA) is 44.9 Å². The second-order valence-electron chi connectivity index (χ2n) is 15.0. The number of para-hydroxylation sites is 1. The van der Waals surface area contributed by atoms with Crippen molar-refractivity contribution in [3.05, 3.63) is 132 Å². The predicted octanol–water partition coefficient (Wildman–Crippen LogP) is 11.3. The largest absolute Gasteiger partial charge is 2.00 e. The number of fused-ring (bicyclic) bond motifs is 3. The van der Waals surface area contributed by atoms with Crippen LogP contribution in [0, 0.1) is 19.1 Å². The minimum atomic E-state index is -0.188. The smallest absolute Gasteiger partial charge is 0.509 e. The Balaban J connectivity index is 0.00000432. The van der Waals surface area contributed by atoms with Gasteiger partial charge in [-0.25, -0.2) is 4.98 Å². The van der Waals surface area contributed by atoms with Crippen LogP contribution in [-0.2, 0) is 38.3 Å². The van der Waals surface area contributed by atoms with Crippen LogP contribution in [0.2, 0.25) is 0 Å². The van der Waals surface area contributed by atoms with Crippen molar-refractivity contribution in [3.63, 3.8) is 0 Å². The van der Waals surface area contributed by atoms with Crippen LogP contribution in [0.3, 0.4) is 0 Å². The van der Waals surface area contributed by atoms with Crippen molar-refractivity contribution in [3.8, 4) is 34.1 Å². The van der Waals surface area contributed by atoms with Crippen LogP contribution in [0.15, 0.2) is 97.2 Å². The molecular weight excluding hydrogens is 796 g/mol. The molecule has 0 spiro atoms. The maximum absolute atomic E-state index is 6.52. The van der Waals surface area contributed by atoms with Crippen molar-refractivity contribution in [2.24, 2.45) is 0 Å². The third-order valence-electron chi connectivity index (χ3n) is 9.06. The van der Waals surface area contributed by atoms with Crippen LogP contribution in [0.1, 0.15) is 77.4 Å². The molecule has 0 aliphatic rings. The zero-order chi connectivity index (χ0) is 34.5. The first-order valence-electron chi connectivity index (χ1n) is 17.2. The number of aryl methyl sites for hydroxylation is 2. The number of hydrogen-bond donors (Lipinski definition) is 0. The van der Waals surface area contributed by atoms with Gasteiger partial charge in [-0.05, 0) is 64.7 Å². The van der Waals surface area contributed by atoms with E-state index in [0.29, 0.717) is 11.5 Å². The van der Waals surface area contributed by atoms with E-state index >= 15 is 0 Å². The fraction of sp³-hybridized carbons (Fsp3) is 0.273. The number of benzene rings is 4. The number of hydrogen-bond acceptors (Lipinski definition) is 3. The SMILES string of the molecule is CCCc1nn(-c2[c-]c(Oc3[c-]c4c(cc3)c3ccccc3n4-c3cc(C)ccn3)ccc2)c(C(C)(C)C)c1-c1cccc(C(C)(C)C)c1.[Pt+2]. The van der Waals surface area contributed by atoms with Gasteiger partial charge < -0.3 is 9.30 Å². The first-order chi connectivity index (χ1) is 23.4. The Bertz CT molecular complexity index is 2320. The molecule has 7 rings (SSSR count). The Morgan fingerprint density at radius 2 is 1.52 bits per heavy atom. The molecule has 3 heterocycles. The first kappa shape index (κ1) is 35.4. The molecule has 0 atom stereocenters. The van der Waals surface area contributed by atoms with E-state index in [1.807, 2.05) is 30.5 Å². The van der Waals surface area contributed by atoms with Crippen molar-refractivity contribution < 1.29 is 25.8 Å². The summed E-state index contributed by atoms with van der Waals surface area (Å²) in [7, 11) is 0. The van der Waals surface area contributed by atoms with E-state index in [0.717, 1.165) is 57.4 Å². The minimum absolute atomic E-state index is 0. The Morgan fingerprint density at radius 1 is 0.760 bits per heavy atom. The molecule has 0 bridgehead atoms. The minimum Gasteiger partial charge on any atom is -0.509 e. The monoisotopic (exact) mass is 839 g/mol. The van der Waals surface area contributed by atoms with Gasteiger partial charge in [0.05, 0.1) is 11.4 Å². The zero-order valence-electron chi connectivity index (χ0n) is 30.2. The molecule has 0 saturated carbocycles. The first-order valence-corrected chi connectivity index (χ1v) is 17.2. The maximum atomic E-state index is 6.52. The van der Waals surface area contributed by atoms with Gasteiger partial charge in [0.2, 0.25) is 0 Å². The van der Waals surface area contributed by atoms with Gasteiger partial charge in [-0.2, -0.15) is 17.2 Å². The summed E-state index contributed by atoms with van der Waals surface area (Å²) in [5, 5.41) is 7.53. The predicted molar refractivity (Wildman–Crippen MR) is 201 cm³/mol. The summed E-state index contributed by atoms with van der Waals surface area (Å²) in [5.74, 6) is 2.07. The van der Waals surface area contributed by atoms with Gasteiger partial charge in [-0.3, -0.25) is 4.68 Å². The van der Waals surface area contributed by atoms with Gasteiger partial charge in [0.25, 0.3) is 0 Å². The second-order valence-corrected chi connectivity index (χ2v) is 15.0. The fourth-order valence-electron chi connectivity index (χ4n) is 6.74. The number of aromatic nitrogens is 4. The molecule has 0 amide bonds. The van der Waals surface area contributed by atoms with Crippen LogP contribution < -0.4 is 4.74 Å². The molecule has 7 aromatic rings. The molecule has 0 unspecified atom stereocenters. The van der Waals surface area contributed by atoms with Crippen molar-refractivity contribution >= 4 is 21.8 Å². The summed E-state index contributed by atoms with van der Waals surface area (Å²) < 4.78 is 10.8. The van der Waals surface area contributed by atoms with Gasteiger partial charge in [0.1, 0.15) is 5.82 Å². The molecule has 4 aromatic carbocycles. The summed E-state index contributed by atoms with van der Waals surface area (Å²) >= 11 is 0. The van der Waals surface area contributed by atoms with Gasteiger partial charge in [-0.15, -0.1) is 35.7 Å². The second kappa shape index (κ2) is 13.7. The fourth-order valence-corrected chi connectivity index (χ4v) is 6.74. The van der Waals surface area contributed by atoms with E-state index in [1.54, 1.807) is 0 Å². The Labute approximate surface area is 310 Å². The molecule has 0 radical (unpaired) electrons. The summed E-state index contributed by atoms with van der Waals surface area (Å²) in [6.07, 6.45) is 3.75. The van der Waals surface area contributed by atoms with E-state index in [4.69, 9.17) is 14.8 Å². The molecule has 0 fully saturated rings. The van der Waals surface area contributed by atoms with Crippen molar-refractivity contribution in [2.75, 3.05) is 0 Å². The molecule has 3 aromatic heterocycles. The summed E-state index contributed by atoms with van der Waals surface area (Å²) in [6, 6.07) is 38.7. The Kier molecular flexibility index (Phi) is 9.67. The van der Waals surface area contributed by atoms with Crippen LogP contribution in [0.25, 0.3) is 44.4 Å². The van der Waals surface area contributed by atoms with Crippen molar-refractivity contribution in [2.45, 2.75) is 79.1 Å². The van der Waals surface area contributed by atoms with Gasteiger partial charge in [0, 0.05) is 34.2 Å². The van der Waals surface area contributed by atoms with Crippen molar-refractivity contribution in [1.29, 1.82) is 0 Å². The molecule has 5 nitrogen and oxygen atoms in total. The van der Waals surface area contributed by atoms with E-state index in [1.165, 1.54) is 22.4 Å². The van der Waals surface area contributed by atoms with Gasteiger partial charge in [-0.1, -0.05) is 103 Å².